The molecule has 14 heavy (non-hydrogen) atoms. The average Bonchev–Trinajstić information content (AvgIpc) is 2.21. The summed E-state index contributed by atoms with van der Waals surface area (Å²) < 4.78 is 10.5. The van der Waals surface area contributed by atoms with E-state index < -0.39 is 0 Å². The fraction of sp³-hybridized carbons (Fsp3) is 0.900. The van der Waals surface area contributed by atoms with Gasteiger partial charge in [-0.05, 0) is 6.42 Å². The normalized spacial score (nSPS) is 20.4. The van der Waals surface area contributed by atoms with Crippen molar-refractivity contribution in [1.29, 1.82) is 0 Å². The highest BCUT2D eigenvalue weighted by Gasteiger charge is 2.22. The molecule has 1 aliphatic rings. The fourth-order valence-corrected chi connectivity index (χ4v) is 1.48. The molecule has 1 saturated heterocycles. The van der Waals surface area contributed by atoms with E-state index in [1.54, 1.807) is 0 Å². The Morgan fingerprint density at radius 1 is 1.57 bits per heavy atom. The summed E-state index contributed by atoms with van der Waals surface area (Å²) in [6.45, 7) is 3.70. The van der Waals surface area contributed by atoms with Crippen molar-refractivity contribution in [3.8, 4) is 0 Å². The highest BCUT2D eigenvalue weighted by atomic mass is 16.6. The number of rotatable bonds is 4. The molecule has 2 N–H and O–H groups in total. The summed E-state index contributed by atoms with van der Waals surface area (Å²) in [6, 6.07) is 0. The van der Waals surface area contributed by atoms with Gasteiger partial charge in [-0.15, -0.1) is 0 Å². The summed E-state index contributed by atoms with van der Waals surface area (Å²) in [5.74, 6) is -0.292. The molecule has 0 saturated carbocycles. The van der Waals surface area contributed by atoms with Crippen molar-refractivity contribution >= 4 is 5.97 Å². The number of nitrogens with two attached hydrogens (primary N) is 1. The van der Waals surface area contributed by atoms with Gasteiger partial charge >= 0.3 is 5.97 Å². The first-order valence-electron chi connectivity index (χ1n) is 5.26. The molecule has 0 amide bonds. The van der Waals surface area contributed by atoms with Crippen LogP contribution < -0.4 is 5.73 Å². The zero-order valence-electron chi connectivity index (χ0n) is 8.70. The number of hydrogen-bond donors (Lipinski definition) is 1. The lowest BCUT2D eigenvalue weighted by Gasteiger charge is -2.24. The zero-order chi connectivity index (χ0) is 10.4. The second-order valence-corrected chi connectivity index (χ2v) is 3.59. The lowest BCUT2D eigenvalue weighted by molar-refractivity contribution is -0.157. The van der Waals surface area contributed by atoms with Crippen LogP contribution in [-0.2, 0) is 14.3 Å². The van der Waals surface area contributed by atoms with E-state index >= 15 is 0 Å². The lowest BCUT2D eigenvalue weighted by Crippen LogP contribution is -2.32. The Kier molecular flexibility index (Phi) is 4.90. The highest BCUT2D eigenvalue weighted by Crippen LogP contribution is 2.13. The Morgan fingerprint density at radius 3 is 2.71 bits per heavy atom. The molecule has 1 rings (SSSR count). The summed E-state index contributed by atoms with van der Waals surface area (Å²) in [6.07, 6.45) is 2.41. The number of carbonyl (C=O) groups is 1. The molecule has 1 unspecified atom stereocenters. The summed E-state index contributed by atoms with van der Waals surface area (Å²) in [4.78, 5) is 11.5. The van der Waals surface area contributed by atoms with Gasteiger partial charge in [-0.2, -0.15) is 0 Å². The first kappa shape index (κ1) is 11.5. The molecule has 0 spiro atoms. The molecule has 0 aromatic rings. The Hall–Kier alpha value is -0.610. The predicted molar refractivity (Wildman–Crippen MR) is 52.8 cm³/mol. The van der Waals surface area contributed by atoms with Gasteiger partial charge in [0.25, 0.3) is 0 Å². The lowest BCUT2D eigenvalue weighted by atomic mass is 10.1. The van der Waals surface area contributed by atoms with E-state index in [1.165, 1.54) is 0 Å². The van der Waals surface area contributed by atoms with Crippen LogP contribution >= 0.6 is 0 Å². The van der Waals surface area contributed by atoms with Gasteiger partial charge in [-0.25, -0.2) is 0 Å². The van der Waals surface area contributed by atoms with E-state index in [0.717, 1.165) is 19.3 Å². The van der Waals surface area contributed by atoms with Gasteiger partial charge in [-0.3, -0.25) is 4.79 Å². The maximum absolute atomic E-state index is 11.5. The van der Waals surface area contributed by atoms with Gasteiger partial charge in [0.2, 0.25) is 0 Å². The third-order valence-electron chi connectivity index (χ3n) is 2.56. The predicted octanol–water partition coefficient (Wildman–Crippen LogP) is 0.693. The van der Waals surface area contributed by atoms with Crippen LogP contribution in [0.25, 0.3) is 0 Å². The third kappa shape index (κ3) is 3.27. The van der Waals surface area contributed by atoms with Crippen molar-refractivity contribution < 1.29 is 14.3 Å². The van der Waals surface area contributed by atoms with E-state index in [-0.39, 0.29) is 18.0 Å². The first-order valence-corrected chi connectivity index (χ1v) is 5.26. The van der Waals surface area contributed by atoms with Crippen LogP contribution in [0, 0.1) is 5.92 Å². The van der Waals surface area contributed by atoms with Gasteiger partial charge in [0, 0.05) is 19.4 Å². The first-order chi connectivity index (χ1) is 6.77. The van der Waals surface area contributed by atoms with Crippen LogP contribution in [-0.4, -0.2) is 31.8 Å². The smallest absolute Gasteiger partial charge is 0.310 e. The largest absolute Gasteiger partial charge is 0.462 e. The molecule has 0 aromatic carbocycles. The quantitative estimate of drug-likeness (QED) is 0.680. The molecule has 4 nitrogen and oxygen atoms in total. The van der Waals surface area contributed by atoms with Crippen molar-refractivity contribution in [3.05, 3.63) is 0 Å². The Bertz CT molecular complexity index is 174. The molecule has 0 bridgehead atoms. The number of carbonyl (C=O) groups excluding carboxylic acids is 1. The second kappa shape index (κ2) is 5.98. The summed E-state index contributed by atoms with van der Waals surface area (Å²) in [5.41, 5.74) is 5.46. The van der Waals surface area contributed by atoms with Crippen LogP contribution in [0.3, 0.4) is 0 Å². The maximum Gasteiger partial charge on any atom is 0.310 e. The standard InChI is InChI=1S/C10H19NO3/c1-2-8(7-11)10(12)14-9-3-5-13-6-4-9/h8-9H,2-7,11H2,1H3. The van der Waals surface area contributed by atoms with Gasteiger partial charge < -0.3 is 15.2 Å². The topological polar surface area (TPSA) is 61.6 Å². The highest BCUT2D eigenvalue weighted by molar-refractivity contribution is 5.72. The molecule has 4 heteroatoms. The van der Waals surface area contributed by atoms with Gasteiger partial charge in [-0.1, -0.05) is 6.92 Å². The summed E-state index contributed by atoms with van der Waals surface area (Å²) in [5, 5.41) is 0. The van der Waals surface area contributed by atoms with Crippen LogP contribution in [0.4, 0.5) is 0 Å². The van der Waals surface area contributed by atoms with Crippen molar-refractivity contribution in [3.63, 3.8) is 0 Å². The minimum atomic E-state index is -0.151. The maximum atomic E-state index is 11.5. The molecule has 1 aliphatic heterocycles. The number of ether oxygens (including phenoxy) is 2. The number of esters is 1. The Balaban J connectivity index is 2.30. The van der Waals surface area contributed by atoms with Crippen molar-refractivity contribution in [2.24, 2.45) is 11.7 Å². The molecular weight excluding hydrogens is 182 g/mol. The molecule has 0 aliphatic carbocycles. The zero-order valence-corrected chi connectivity index (χ0v) is 8.70. The van der Waals surface area contributed by atoms with E-state index in [9.17, 15) is 4.79 Å². The van der Waals surface area contributed by atoms with Crippen molar-refractivity contribution in [2.45, 2.75) is 32.3 Å². The fourth-order valence-electron chi connectivity index (χ4n) is 1.48. The van der Waals surface area contributed by atoms with E-state index in [0.29, 0.717) is 19.8 Å². The van der Waals surface area contributed by atoms with Crippen molar-refractivity contribution in [1.82, 2.24) is 0 Å². The molecule has 1 heterocycles. The van der Waals surface area contributed by atoms with E-state index in [1.807, 2.05) is 6.92 Å². The van der Waals surface area contributed by atoms with E-state index in [4.69, 9.17) is 15.2 Å². The number of hydrogen-bond acceptors (Lipinski definition) is 4. The monoisotopic (exact) mass is 201 g/mol. The second-order valence-electron chi connectivity index (χ2n) is 3.59. The summed E-state index contributed by atoms with van der Waals surface area (Å²) in [7, 11) is 0. The average molecular weight is 201 g/mol. The summed E-state index contributed by atoms with van der Waals surface area (Å²) >= 11 is 0. The SMILES string of the molecule is CCC(CN)C(=O)OC1CCOCC1. The Labute approximate surface area is 84.7 Å². The molecule has 0 radical (unpaired) electrons. The van der Waals surface area contributed by atoms with Crippen LogP contribution in [0.1, 0.15) is 26.2 Å². The minimum absolute atomic E-state index is 0.0387. The molecular formula is C10H19NO3. The van der Waals surface area contributed by atoms with Crippen LogP contribution in [0.2, 0.25) is 0 Å². The minimum Gasteiger partial charge on any atom is -0.462 e. The van der Waals surface area contributed by atoms with Crippen LogP contribution in [0.5, 0.6) is 0 Å². The van der Waals surface area contributed by atoms with Crippen molar-refractivity contribution in [2.75, 3.05) is 19.8 Å². The van der Waals surface area contributed by atoms with Gasteiger partial charge in [0.1, 0.15) is 6.10 Å². The molecule has 1 fully saturated rings. The Morgan fingerprint density at radius 2 is 2.21 bits per heavy atom. The van der Waals surface area contributed by atoms with E-state index in [2.05, 4.69) is 0 Å². The third-order valence-corrected chi connectivity index (χ3v) is 2.56. The van der Waals surface area contributed by atoms with Gasteiger partial charge in [0.15, 0.2) is 0 Å². The van der Waals surface area contributed by atoms with Crippen LogP contribution in [0.15, 0.2) is 0 Å². The molecule has 0 aromatic heterocycles. The van der Waals surface area contributed by atoms with Gasteiger partial charge in [0.05, 0.1) is 19.1 Å². The molecule has 82 valence electrons. The molecule has 1 atom stereocenters.